The molecule has 7 rings (SSSR count). The van der Waals surface area contributed by atoms with E-state index in [0.717, 1.165) is 51.2 Å². The fourth-order valence-electron chi connectivity index (χ4n) is 8.11. The van der Waals surface area contributed by atoms with Crippen molar-refractivity contribution in [1.29, 1.82) is 0 Å². The van der Waals surface area contributed by atoms with Crippen LogP contribution in [-0.4, -0.2) is 105 Å². The van der Waals surface area contributed by atoms with E-state index in [9.17, 15) is 19.5 Å². The Labute approximate surface area is 320 Å². The molecule has 3 aliphatic heterocycles. The summed E-state index contributed by atoms with van der Waals surface area (Å²) in [5.74, 6) is -1.10. The molecule has 6 heterocycles. The van der Waals surface area contributed by atoms with Crippen molar-refractivity contribution in [2.24, 2.45) is 5.41 Å². The highest BCUT2D eigenvalue weighted by atomic mass is 32.1. The number of carbonyl (C=O) groups is 3. The van der Waals surface area contributed by atoms with Gasteiger partial charge in [0, 0.05) is 72.2 Å². The number of cyclic esters (lactones) is 1. The van der Waals surface area contributed by atoms with Gasteiger partial charge in [-0.1, -0.05) is 19.9 Å². The van der Waals surface area contributed by atoms with Crippen molar-refractivity contribution in [3.05, 3.63) is 58.2 Å². The van der Waals surface area contributed by atoms with E-state index < -0.39 is 35.6 Å². The summed E-state index contributed by atoms with van der Waals surface area (Å²) in [6.45, 7) is 10.00. The third-order valence-electron chi connectivity index (χ3n) is 11.0. The number of aliphatic hydroxyl groups excluding tert-OH is 1. The number of esters is 1. The Kier molecular flexibility index (Phi) is 10.9. The van der Waals surface area contributed by atoms with Gasteiger partial charge in [0.15, 0.2) is 0 Å². The summed E-state index contributed by atoms with van der Waals surface area (Å²) in [7, 11) is 3.48. The van der Waals surface area contributed by atoms with E-state index in [-0.39, 0.29) is 37.4 Å². The number of aryl methyl sites for hydroxylation is 1. The lowest BCUT2D eigenvalue weighted by atomic mass is 9.84. The zero-order chi connectivity index (χ0) is 38.3. The lowest BCUT2D eigenvalue weighted by Gasteiger charge is -2.35. The van der Waals surface area contributed by atoms with Crippen LogP contribution in [0.5, 0.6) is 0 Å². The summed E-state index contributed by atoms with van der Waals surface area (Å²) in [4.78, 5) is 53.0. The molecule has 0 spiro atoms. The van der Waals surface area contributed by atoms with E-state index in [4.69, 9.17) is 19.4 Å². The minimum atomic E-state index is -0.943. The van der Waals surface area contributed by atoms with Crippen LogP contribution in [0.1, 0.15) is 69.3 Å². The number of hydrazine groups is 1. The molecule has 2 fully saturated rings. The number of nitrogens with one attached hydrogen (secondary N) is 2. The topological polar surface area (TPSA) is 151 Å². The largest absolute Gasteiger partial charge is 0.464 e. The second-order valence-electron chi connectivity index (χ2n) is 15.6. The van der Waals surface area contributed by atoms with E-state index in [1.807, 2.05) is 18.4 Å². The molecule has 14 heteroatoms. The average molecular weight is 758 g/mol. The molecule has 13 nitrogen and oxygen atoms in total. The van der Waals surface area contributed by atoms with Crippen molar-refractivity contribution in [2.75, 3.05) is 33.9 Å². The first-order chi connectivity index (χ1) is 25.9. The predicted octanol–water partition coefficient (Wildman–Crippen LogP) is 4.27. The predicted molar refractivity (Wildman–Crippen MR) is 206 cm³/mol. The van der Waals surface area contributed by atoms with Crippen LogP contribution in [-0.2, 0) is 43.2 Å². The maximum Gasteiger partial charge on any atom is 0.324 e. The van der Waals surface area contributed by atoms with Gasteiger partial charge in [-0.25, -0.2) is 10.4 Å². The smallest absolute Gasteiger partial charge is 0.324 e. The number of fused-ring (bicyclic) bond motifs is 6. The van der Waals surface area contributed by atoms with Gasteiger partial charge in [0.25, 0.3) is 5.91 Å². The van der Waals surface area contributed by atoms with Gasteiger partial charge >= 0.3 is 5.97 Å². The number of aliphatic hydroxyl groups is 1. The molecule has 3 aromatic heterocycles. The van der Waals surface area contributed by atoms with E-state index in [1.165, 1.54) is 16.3 Å². The Morgan fingerprint density at radius 3 is 2.81 bits per heavy atom. The lowest BCUT2D eigenvalue weighted by molar-refractivity contribution is -0.155. The number of rotatable bonds is 6. The molecule has 2 amide bonds. The molecule has 0 saturated carbocycles. The quantitative estimate of drug-likeness (QED) is 0.244. The number of hydrogen-bond acceptors (Lipinski definition) is 11. The van der Waals surface area contributed by atoms with Gasteiger partial charge in [-0.05, 0) is 76.4 Å². The van der Waals surface area contributed by atoms with Crippen molar-refractivity contribution in [3.8, 4) is 22.5 Å². The van der Waals surface area contributed by atoms with Crippen molar-refractivity contribution in [3.63, 3.8) is 0 Å². The number of pyridine rings is 1. The summed E-state index contributed by atoms with van der Waals surface area (Å²) in [6, 6.07) is 8.24. The molecule has 4 aromatic rings. The second-order valence-corrected chi connectivity index (χ2v) is 16.6. The number of hydrogen-bond donors (Lipinski definition) is 3. The van der Waals surface area contributed by atoms with Crippen LogP contribution < -0.4 is 10.7 Å². The first kappa shape index (κ1) is 38.1. The maximum absolute atomic E-state index is 14.2. The van der Waals surface area contributed by atoms with Crippen LogP contribution in [0.15, 0.2) is 41.9 Å². The Balaban J connectivity index is 1.34. The minimum Gasteiger partial charge on any atom is -0.464 e. The van der Waals surface area contributed by atoms with Gasteiger partial charge in [-0.2, -0.15) is 0 Å². The van der Waals surface area contributed by atoms with Crippen molar-refractivity contribution < 1.29 is 29.0 Å². The van der Waals surface area contributed by atoms with Crippen LogP contribution in [0, 0.1) is 5.41 Å². The number of ether oxygens (including phenoxy) is 2. The third kappa shape index (κ3) is 7.54. The Morgan fingerprint density at radius 2 is 2.07 bits per heavy atom. The standard InChI is InChI=1S/C40H51N7O6S/c1-7-46-32-13-12-24-16-27(32)28(36(46)26-10-8-14-41-35(26)23(2)52-6)19-40(3,4)22-53-39(51)29-11-9-15-47(44-29)38(50)30(18-34-42-31(24)21-54-34)43-37(49)33-17-25(48)20-45(33)5/h8,10,12-14,16,21,23,25,29-30,33,44,48H,7,9,11,15,17-20,22H2,1-6H3,(H,43,49)/t23-,25+,29-,30-,33-/m0/s1. The van der Waals surface area contributed by atoms with Crippen LogP contribution >= 0.6 is 11.3 Å². The number of β-amino-alcohol motifs (C(OH)–C–C–N with tert-alkyl or cyclic N) is 1. The SMILES string of the molecule is CCn1c(-c2cccnc2[C@H](C)OC)c2c3cc(ccc31)-c1csc(n1)C[C@H](NC(=O)[C@@H]1C[C@@H](O)CN1C)C(=O)N1CCC[C@H](N1)C(=O)OCC(C)(C)C2. The normalized spacial score (nSPS) is 24.3. The molecule has 54 heavy (non-hydrogen) atoms. The monoisotopic (exact) mass is 757 g/mol. The number of likely N-dealkylation sites (tertiary alicyclic amines) is 1. The molecular weight excluding hydrogens is 707 g/mol. The summed E-state index contributed by atoms with van der Waals surface area (Å²) in [5, 5.41) is 18.4. The Bertz CT molecular complexity index is 2040. The molecule has 1 aromatic carbocycles. The van der Waals surface area contributed by atoms with E-state index in [0.29, 0.717) is 37.4 Å². The number of likely N-dealkylation sites (N-methyl/N-ethyl adjacent to an activating group) is 1. The number of carbonyl (C=O) groups excluding carboxylic acids is 3. The second kappa shape index (κ2) is 15.5. The Hall–Kier alpha value is -4.21. The number of nitrogens with zero attached hydrogens (tertiary/aromatic N) is 5. The summed E-state index contributed by atoms with van der Waals surface area (Å²) in [6.07, 6.45) is 3.12. The highest BCUT2D eigenvalue weighted by molar-refractivity contribution is 7.10. The third-order valence-corrected chi connectivity index (χ3v) is 11.9. The highest BCUT2D eigenvalue weighted by Gasteiger charge is 2.39. The van der Waals surface area contributed by atoms with Gasteiger partial charge in [-0.15, -0.1) is 11.3 Å². The zero-order valence-electron chi connectivity index (χ0n) is 31.9. The van der Waals surface area contributed by atoms with Gasteiger partial charge < -0.3 is 24.5 Å². The van der Waals surface area contributed by atoms with E-state index >= 15 is 0 Å². The maximum atomic E-state index is 14.2. The molecule has 6 bridgehead atoms. The molecule has 0 unspecified atom stereocenters. The fraction of sp³-hybridized carbons (Fsp3) is 0.525. The van der Waals surface area contributed by atoms with Crippen LogP contribution in [0.4, 0.5) is 0 Å². The van der Waals surface area contributed by atoms with Gasteiger partial charge in [0.1, 0.15) is 12.1 Å². The lowest BCUT2D eigenvalue weighted by Crippen LogP contribution is -2.61. The number of benzene rings is 1. The van der Waals surface area contributed by atoms with Crippen molar-refractivity contribution in [1.82, 2.24) is 35.2 Å². The highest BCUT2D eigenvalue weighted by Crippen LogP contribution is 2.42. The van der Waals surface area contributed by atoms with Gasteiger partial charge in [0.2, 0.25) is 5.91 Å². The van der Waals surface area contributed by atoms with Crippen molar-refractivity contribution in [2.45, 2.75) is 96.7 Å². The molecule has 3 N–H and O–H groups in total. The number of amides is 2. The van der Waals surface area contributed by atoms with Crippen LogP contribution in [0.25, 0.3) is 33.4 Å². The molecule has 2 saturated heterocycles. The summed E-state index contributed by atoms with van der Waals surface area (Å²) in [5.41, 5.74) is 9.48. The first-order valence-electron chi connectivity index (χ1n) is 18.9. The molecule has 0 aliphatic carbocycles. The number of thiazole rings is 1. The van der Waals surface area contributed by atoms with Gasteiger partial charge in [-0.3, -0.25) is 29.3 Å². The van der Waals surface area contributed by atoms with Gasteiger partial charge in [0.05, 0.1) is 46.9 Å². The summed E-state index contributed by atoms with van der Waals surface area (Å²) >= 11 is 1.44. The molecular formula is C40H51N7O6S. The summed E-state index contributed by atoms with van der Waals surface area (Å²) < 4.78 is 14.2. The molecule has 3 aliphatic rings. The molecule has 5 atom stereocenters. The number of aromatic nitrogens is 3. The van der Waals surface area contributed by atoms with Crippen LogP contribution in [0.3, 0.4) is 0 Å². The van der Waals surface area contributed by atoms with E-state index in [1.54, 1.807) is 25.3 Å². The average Bonchev–Trinajstić information content (AvgIpc) is 3.86. The Morgan fingerprint density at radius 1 is 1.26 bits per heavy atom. The minimum absolute atomic E-state index is 0.166. The fourth-order valence-corrected chi connectivity index (χ4v) is 8.96. The number of methoxy groups -OCH3 is 1. The van der Waals surface area contributed by atoms with Crippen LogP contribution in [0.2, 0.25) is 0 Å². The molecule has 288 valence electrons. The zero-order valence-corrected chi connectivity index (χ0v) is 32.7. The molecule has 0 radical (unpaired) electrons. The van der Waals surface area contributed by atoms with E-state index in [2.05, 4.69) is 60.3 Å². The first-order valence-corrected chi connectivity index (χ1v) is 19.8. The van der Waals surface area contributed by atoms with Crippen molar-refractivity contribution >= 4 is 40.0 Å².